The number of benzene rings is 1. The number of aromatic nitrogens is 3. The molecular weight excluding hydrogens is 367 g/mol. The smallest absolute Gasteiger partial charge is 0.268 e. The van der Waals surface area contributed by atoms with Crippen LogP contribution in [0.1, 0.15) is 21.6 Å². The average molecular weight is 386 g/mol. The molecule has 0 atom stereocenters. The zero-order valence-corrected chi connectivity index (χ0v) is 16.0. The predicted molar refractivity (Wildman–Crippen MR) is 103 cm³/mol. The summed E-state index contributed by atoms with van der Waals surface area (Å²) in [6, 6.07) is 7.22. The van der Waals surface area contributed by atoms with E-state index in [1.165, 1.54) is 40.6 Å². The lowest BCUT2D eigenvalue weighted by Crippen LogP contribution is -2.33. The summed E-state index contributed by atoms with van der Waals surface area (Å²) in [4.78, 5) is 29.8. The number of nitrogens with one attached hydrogen (secondary N) is 1. The van der Waals surface area contributed by atoms with Gasteiger partial charge in [0, 0.05) is 18.9 Å². The molecule has 8 heteroatoms. The first kappa shape index (κ1) is 18.9. The van der Waals surface area contributed by atoms with Crippen molar-refractivity contribution in [3.63, 3.8) is 0 Å². The highest BCUT2D eigenvalue weighted by Crippen LogP contribution is 2.14. The van der Waals surface area contributed by atoms with Crippen LogP contribution in [0.15, 0.2) is 52.7 Å². The summed E-state index contributed by atoms with van der Waals surface area (Å²) in [7, 11) is 1.87. The molecule has 0 fully saturated rings. The SMILES string of the molecule is CSc1ncc(CNC(=O)c2c(C)ccn(-c3ccc(F)cc3)c2=O)n1C. The number of carbonyl (C=O) groups excluding carboxylic acids is 1. The molecule has 140 valence electrons. The van der Waals surface area contributed by atoms with E-state index in [0.717, 1.165) is 10.9 Å². The van der Waals surface area contributed by atoms with Crippen LogP contribution >= 0.6 is 11.8 Å². The topological polar surface area (TPSA) is 68.9 Å². The highest BCUT2D eigenvalue weighted by molar-refractivity contribution is 7.98. The molecule has 2 aromatic heterocycles. The quantitative estimate of drug-likeness (QED) is 0.685. The van der Waals surface area contributed by atoms with Gasteiger partial charge in [-0.05, 0) is 49.1 Å². The Kier molecular flexibility index (Phi) is 5.46. The maximum absolute atomic E-state index is 13.1. The van der Waals surface area contributed by atoms with E-state index in [4.69, 9.17) is 0 Å². The Bertz CT molecular complexity index is 1040. The molecule has 27 heavy (non-hydrogen) atoms. The van der Waals surface area contributed by atoms with Crippen molar-refractivity contribution >= 4 is 17.7 Å². The van der Waals surface area contributed by atoms with Crippen LogP contribution < -0.4 is 10.9 Å². The van der Waals surface area contributed by atoms with Gasteiger partial charge in [0.2, 0.25) is 0 Å². The number of carbonyl (C=O) groups is 1. The van der Waals surface area contributed by atoms with Crippen molar-refractivity contribution in [3.05, 3.63) is 75.7 Å². The average Bonchev–Trinajstić information content (AvgIpc) is 3.01. The fourth-order valence-corrected chi connectivity index (χ4v) is 3.30. The normalized spacial score (nSPS) is 10.8. The van der Waals surface area contributed by atoms with Crippen molar-refractivity contribution in [3.8, 4) is 5.69 Å². The minimum atomic E-state index is -0.458. The lowest BCUT2D eigenvalue weighted by Gasteiger charge is -2.11. The third-order valence-electron chi connectivity index (χ3n) is 4.29. The van der Waals surface area contributed by atoms with Gasteiger partial charge in [-0.15, -0.1) is 0 Å². The summed E-state index contributed by atoms with van der Waals surface area (Å²) in [6.07, 6.45) is 5.20. The third-order valence-corrected chi connectivity index (χ3v) is 5.03. The third kappa shape index (κ3) is 3.80. The van der Waals surface area contributed by atoms with Gasteiger partial charge >= 0.3 is 0 Å². The molecule has 6 nitrogen and oxygen atoms in total. The van der Waals surface area contributed by atoms with Crippen molar-refractivity contribution < 1.29 is 9.18 Å². The minimum Gasteiger partial charge on any atom is -0.346 e. The maximum Gasteiger partial charge on any atom is 0.268 e. The summed E-state index contributed by atoms with van der Waals surface area (Å²) in [5.41, 5.74) is 1.51. The van der Waals surface area contributed by atoms with E-state index in [0.29, 0.717) is 11.3 Å². The number of rotatable bonds is 5. The van der Waals surface area contributed by atoms with Gasteiger partial charge in [0.05, 0.1) is 18.4 Å². The first-order valence-electron chi connectivity index (χ1n) is 8.23. The summed E-state index contributed by atoms with van der Waals surface area (Å²) in [5, 5.41) is 3.62. The van der Waals surface area contributed by atoms with Crippen LogP contribution in [0.3, 0.4) is 0 Å². The Morgan fingerprint density at radius 3 is 2.59 bits per heavy atom. The van der Waals surface area contributed by atoms with Gasteiger partial charge in [0.15, 0.2) is 5.16 Å². The number of aryl methyl sites for hydroxylation is 1. The van der Waals surface area contributed by atoms with Gasteiger partial charge in [-0.3, -0.25) is 14.2 Å². The predicted octanol–water partition coefficient (Wildman–Crippen LogP) is 2.67. The van der Waals surface area contributed by atoms with Gasteiger partial charge in [-0.25, -0.2) is 9.37 Å². The van der Waals surface area contributed by atoms with E-state index in [9.17, 15) is 14.0 Å². The Morgan fingerprint density at radius 2 is 1.96 bits per heavy atom. The van der Waals surface area contributed by atoms with Gasteiger partial charge in [-0.2, -0.15) is 0 Å². The van der Waals surface area contributed by atoms with Gasteiger partial charge < -0.3 is 9.88 Å². The Hall–Kier alpha value is -2.87. The van der Waals surface area contributed by atoms with Gasteiger partial charge in [0.25, 0.3) is 11.5 Å². The molecule has 1 N–H and O–H groups in total. The van der Waals surface area contributed by atoms with Crippen LogP contribution in [0, 0.1) is 12.7 Å². The molecule has 0 radical (unpaired) electrons. The molecule has 1 amide bonds. The summed E-state index contributed by atoms with van der Waals surface area (Å²) in [6.45, 7) is 1.97. The van der Waals surface area contributed by atoms with Crippen LogP contribution in [-0.2, 0) is 13.6 Å². The van der Waals surface area contributed by atoms with Gasteiger partial charge in [0.1, 0.15) is 11.4 Å². The summed E-state index contributed by atoms with van der Waals surface area (Å²) >= 11 is 1.51. The second-order valence-electron chi connectivity index (χ2n) is 6.00. The number of halogens is 1. The standard InChI is InChI=1S/C19H19FN4O2S/c1-12-8-9-24(14-6-4-13(20)5-7-14)18(26)16(12)17(25)21-10-15-11-22-19(27-3)23(15)2/h4-9,11H,10H2,1-3H3,(H,21,25). The molecular formula is C19H19FN4O2S. The second-order valence-corrected chi connectivity index (χ2v) is 6.78. The number of hydrogen-bond acceptors (Lipinski definition) is 4. The number of thioether (sulfide) groups is 1. The summed E-state index contributed by atoms with van der Waals surface area (Å²) in [5.74, 6) is -0.849. The van der Waals surface area contributed by atoms with Crippen molar-refractivity contribution in [1.82, 2.24) is 19.4 Å². The number of hydrogen-bond donors (Lipinski definition) is 1. The fraction of sp³-hybridized carbons (Fsp3) is 0.211. The summed E-state index contributed by atoms with van der Waals surface area (Å²) < 4.78 is 16.4. The first-order chi connectivity index (χ1) is 12.9. The van der Waals surface area contributed by atoms with E-state index in [2.05, 4.69) is 10.3 Å². The van der Waals surface area contributed by atoms with Crippen molar-refractivity contribution in [1.29, 1.82) is 0 Å². The number of pyridine rings is 1. The largest absolute Gasteiger partial charge is 0.346 e. The molecule has 1 aromatic carbocycles. The minimum absolute atomic E-state index is 0.0640. The molecule has 0 aliphatic rings. The van der Waals surface area contributed by atoms with Gasteiger partial charge in [-0.1, -0.05) is 11.8 Å². The van der Waals surface area contributed by atoms with Crippen LogP contribution in [0.2, 0.25) is 0 Å². The number of nitrogens with zero attached hydrogens (tertiary/aromatic N) is 3. The molecule has 0 bridgehead atoms. The lowest BCUT2D eigenvalue weighted by molar-refractivity contribution is 0.0947. The molecule has 2 heterocycles. The lowest BCUT2D eigenvalue weighted by atomic mass is 10.1. The Morgan fingerprint density at radius 1 is 1.26 bits per heavy atom. The fourth-order valence-electron chi connectivity index (χ4n) is 2.75. The molecule has 3 aromatic rings. The van der Waals surface area contributed by atoms with E-state index in [-0.39, 0.29) is 12.1 Å². The molecule has 0 aliphatic heterocycles. The Labute approximate surface area is 160 Å². The van der Waals surface area contributed by atoms with Crippen molar-refractivity contribution in [2.24, 2.45) is 7.05 Å². The van der Waals surface area contributed by atoms with Crippen LogP contribution in [0.25, 0.3) is 5.69 Å². The van der Waals surface area contributed by atoms with E-state index < -0.39 is 17.3 Å². The second kappa shape index (κ2) is 7.79. The molecule has 0 spiro atoms. The van der Waals surface area contributed by atoms with E-state index >= 15 is 0 Å². The molecule has 0 aliphatic carbocycles. The molecule has 0 saturated carbocycles. The van der Waals surface area contributed by atoms with Crippen LogP contribution in [-0.4, -0.2) is 26.3 Å². The molecule has 3 rings (SSSR count). The molecule has 0 unspecified atom stereocenters. The zero-order chi connectivity index (χ0) is 19.6. The van der Waals surface area contributed by atoms with Crippen LogP contribution in [0.4, 0.5) is 4.39 Å². The van der Waals surface area contributed by atoms with E-state index in [1.54, 1.807) is 25.4 Å². The zero-order valence-electron chi connectivity index (χ0n) is 15.2. The maximum atomic E-state index is 13.1. The monoisotopic (exact) mass is 386 g/mol. The number of imidazole rings is 1. The van der Waals surface area contributed by atoms with Crippen molar-refractivity contribution in [2.75, 3.05) is 6.26 Å². The highest BCUT2D eigenvalue weighted by atomic mass is 32.2. The highest BCUT2D eigenvalue weighted by Gasteiger charge is 2.17. The van der Waals surface area contributed by atoms with Crippen LogP contribution in [0.5, 0.6) is 0 Å². The first-order valence-corrected chi connectivity index (χ1v) is 9.46. The molecule has 0 saturated heterocycles. The van der Waals surface area contributed by atoms with E-state index in [1.807, 2.05) is 17.9 Å². The number of amides is 1. The van der Waals surface area contributed by atoms with Crippen molar-refractivity contribution in [2.45, 2.75) is 18.6 Å². The Balaban J connectivity index is 1.88.